The van der Waals surface area contributed by atoms with Gasteiger partial charge >= 0.3 is 6.03 Å². The van der Waals surface area contributed by atoms with E-state index in [1.165, 1.54) is 37.3 Å². The standard InChI is InChI=1S/C22H18FN3O5/c1-30-15-5-4-14-11-26(19(27)16(14)10-15)12-22(20(28)24-21(29)25-22)8-7-13-3-6-17(23)18(9-13)31-2/h3-6,9-10H,11-12H2,1-2H3,(H2,24,25,28,29)/t22-/m1/s1. The Kier molecular flexibility index (Phi) is 4.99. The molecule has 2 N–H and O–H groups in total. The predicted molar refractivity (Wildman–Crippen MR) is 107 cm³/mol. The van der Waals surface area contributed by atoms with Crippen molar-refractivity contribution in [2.24, 2.45) is 0 Å². The molecule has 1 fully saturated rings. The summed E-state index contributed by atoms with van der Waals surface area (Å²) in [7, 11) is 2.83. The number of benzene rings is 2. The molecule has 4 amide bonds. The minimum atomic E-state index is -1.65. The zero-order valence-electron chi connectivity index (χ0n) is 16.7. The number of imide groups is 1. The maximum absolute atomic E-state index is 13.7. The van der Waals surface area contributed by atoms with Gasteiger partial charge in [0.05, 0.1) is 20.8 Å². The average molecular weight is 423 g/mol. The molecule has 1 saturated heterocycles. The van der Waals surface area contributed by atoms with Gasteiger partial charge in [-0.25, -0.2) is 9.18 Å². The van der Waals surface area contributed by atoms with Crippen LogP contribution in [0.3, 0.4) is 0 Å². The van der Waals surface area contributed by atoms with Gasteiger partial charge in [-0.3, -0.25) is 14.9 Å². The Balaban J connectivity index is 1.65. The van der Waals surface area contributed by atoms with Gasteiger partial charge in [-0.1, -0.05) is 17.9 Å². The van der Waals surface area contributed by atoms with Crippen molar-refractivity contribution in [2.75, 3.05) is 20.8 Å². The van der Waals surface area contributed by atoms with Crippen molar-refractivity contribution in [3.05, 3.63) is 58.9 Å². The lowest BCUT2D eigenvalue weighted by Gasteiger charge is -2.26. The number of methoxy groups -OCH3 is 2. The molecule has 1 atom stereocenters. The van der Waals surface area contributed by atoms with Crippen LogP contribution in [0.1, 0.15) is 21.5 Å². The molecule has 2 aromatic carbocycles. The van der Waals surface area contributed by atoms with Gasteiger partial charge in [0, 0.05) is 17.7 Å². The summed E-state index contributed by atoms with van der Waals surface area (Å²) in [4.78, 5) is 38.9. The number of amides is 4. The number of nitrogens with zero attached hydrogens (tertiary/aromatic N) is 1. The molecular formula is C22H18FN3O5. The van der Waals surface area contributed by atoms with Gasteiger partial charge in [0.1, 0.15) is 5.75 Å². The minimum Gasteiger partial charge on any atom is -0.497 e. The Morgan fingerprint density at radius 2 is 1.94 bits per heavy atom. The lowest BCUT2D eigenvalue weighted by atomic mass is 9.99. The Morgan fingerprint density at radius 1 is 1.13 bits per heavy atom. The molecule has 0 spiro atoms. The van der Waals surface area contributed by atoms with Gasteiger partial charge in [-0.15, -0.1) is 0 Å². The monoisotopic (exact) mass is 423 g/mol. The van der Waals surface area contributed by atoms with Gasteiger partial charge < -0.3 is 19.7 Å². The maximum Gasteiger partial charge on any atom is 0.323 e. The zero-order chi connectivity index (χ0) is 22.2. The highest BCUT2D eigenvalue weighted by Crippen LogP contribution is 2.28. The highest BCUT2D eigenvalue weighted by atomic mass is 19.1. The summed E-state index contributed by atoms with van der Waals surface area (Å²) < 4.78 is 23.8. The van der Waals surface area contributed by atoms with E-state index >= 15 is 0 Å². The first kappa shape index (κ1) is 20.2. The number of hydrogen-bond acceptors (Lipinski definition) is 5. The molecule has 0 bridgehead atoms. The Hall–Kier alpha value is -4.06. The van der Waals surface area contributed by atoms with Crippen LogP contribution >= 0.6 is 0 Å². The highest BCUT2D eigenvalue weighted by Gasteiger charge is 2.48. The lowest BCUT2D eigenvalue weighted by molar-refractivity contribution is -0.122. The predicted octanol–water partition coefficient (Wildman–Crippen LogP) is 1.43. The molecule has 31 heavy (non-hydrogen) atoms. The Bertz CT molecular complexity index is 1170. The molecule has 8 nitrogen and oxygen atoms in total. The van der Waals surface area contributed by atoms with Gasteiger partial charge in [-0.2, -0.15) is 0 Å². The molecule has 0 aromatic heterocycles. The zero-order valence-corrected chi connectivity index (χ0v) is 16.7. The third kappa shape index (κ3) is 3.64. The van der Waals surface area contributed by atoms with Crippen molar-refractivity contribution in [2.45, 2.75) is 12.1 Å². The molecule has 0 saturated carbocycles. The molecular weight excluding hydrogens is 405 g/mol. The number of ether oxygens (including phenoxy) is 2. The molecule has 9 heteroatoms. The SMILES string of the molecule is COc1ccc2c(c1)C(=O)N(C[C@@]1(C#Cc3ccc(F)c(OC)c3)NC(=O)NC1=O)C2. The first-order valence-corrected chi connectivity index (χ1v) is 9.32. The van der Waals surface area contributed by atoms with Crippen LogP contribution < -0.4 is 20.1 Å². The molecule has 2 aliphatic heterocycles. The Morgan fingerprint density at radius 3 is 2.61 bits per heavy atom. The number of carbonyl (C=O) groups excluding carboxylic acids is 3. The quantitative estimate of drug-likeness (QED) is 0.573. The second-order valence-electron chi connectivity index (χ2n) is 7.10. The normalized spacial score (nSPS) is 19.3. The third-order valence-electron chi connectivity index (χ3n) is 5.14. The van der Waals surface area contributed by atoms with Crippen molar-refractivity contribution < 1.29 is 28.2 Å². The van der Waals surface area contributed by atoms with E-state index in [1.54, 1.807) is 18.2 Å². The molecule has 0 aliphatic carbocycles. The van der Waals surface area contributed by atoms with E-state index in [2.05, 4.69) is 22.5 Å². The number of fused-ring (bicyclic) bond motifs is 1. The van der Waals surface area contributed by atoms with E-state index in [0.29, 0.717) is 16.9 Å². The maximum atomic E-state index is 13.7. The van der Waals surface area contributed by atoms with Crippen molar-refractivity contribution in [1.82, 2.24) is 15.5 Å². The smallest absolute Gasteiger partial charge is 0.323 e. The number of nitrogens with one attached hydrogen (secondary N) is 2. The van der Waals surface area contributed by atoms with Crippen molar-refractivity contribution in [3.63, 3.8) is 0 Å². The third-order valence-corrected chi connectivity index (χ3v) is 5.14. The fraction of sp³-hybridized carbons (Fsp3) is 0.227. The van der Waals surface area contributed by atoms with Gasteiger partial charge in [0.25, 0.3) is 11.8 Å². The lowest BCUT2D eigenvalue weighted by Crippen LogP contribution is -2.54. The summed E-state index contributed by atoms with van der Waals surface area (Å²) in [5, 5.41) is 4.70. The number of urea groups is 1. The van der Waals surface area contributed by atoms with Crippen LogP contribution in [0, 0.1) is 17.7 Å². The molecule has 2 heterocycles. The minimum absolute atomic E-state index is 0.000114. The molecule has 2 aliphatic rings. The van der Waals surface area contributed by atoms with Crippen LogP contribution in [-0.2, 0) is 11.3 Å². The topological polar surface area (TPSA) is 97.0 Å². The average Bonchev–Trinajstić information content (AvgIpc) is 3.22. The van der Waals surface area contributed by atoms with Crippen molar-refractivity contribution >= 4 is 17.8 Å². The van der Waals surface area contributed by atoms with E-state index in [-0.39, 0.29) is 24.7 Å². The van der Waals surface area contributed by atoms with Crippen LogP contribution in [0.2, 0.25) is 0 Å². The molecule has 0 radical (unpaired) electrons. The summed E-state index contributed by atoms with van der Waals surface area (Å²) in [6.45, 7) is 0.0981. The Labute approximate surface area is 177 Å². The summed E-state index contributed by atoms with van der Waals surface area (Å²) in [5.74, 6) is 4.57. The van der Waals surface area contributed by atoms with E-state index < -0.39 is 23.3 Å². The second kappa shape index (κ2) is 7.65. The number of hydrogen-bond donors (Lipinski definition) is 2. The summed E-state index contributed by atoms with van der Waals surface area (Å²) in [5.41, 5.74) is -0.0229. The number of rotatable bonds is 4. The first-order chi connectivity index (χ1) is 14.8. The van der Waals surface area contributed by atoms with Gasteiger partial charge in [-0.05, 0) is 35.9 Å². The van der Waals surface area contributed by atoms with Crippen LogP contribution in [0.15, 0.2) is 36.4 Å². The largest absolute Gasteiger partial charge is 0.497 e. The fourth-order valence-corrected chi connectivity index (χ4v) is 3.53. The molecule has 2 aromatic rings. The van der Waals surface area contributed by atoms with E-state index in [0.717, 1.165) is 5.56 Å². The molecule has 4 rings (SSSR count). The second-order valence-corrected chi connectivity index (χ2v) is 7.10. The number of halogens is 1. The van der Waals surface area contributed by atoms with E-state index in [9.17, 15) is 18.8 Å². The summed E-state index contributed by atoms with van der Waals surface area (Å²) in [6, 6.07) is 8.45. The fourth-order valence-electron chi connectivity index (χ4n) is 3.53. The summed E-state index contributed by atoms with van der Waals surface area (Å²) in [6.07, 6.45) is 0. The van der Waals surface area contributed by atoms with Crippen LogP contribution in [0.5, 0.6) is 11.5 Å². The van der Waals surface area contributed by atoms with E-state index in [4.69, 9.17) is 9.47 Å². The van der Waals surface area contributed by atoms with Gasteiger partial charge in [0.15, 0.2) is 11.6 Å². The van der Waals surface area contributed by atoms with Gasteiger partial charge in [0.2, 0.25) is 5.54 Å². The van der Waals surface area contributed by atoms with E-state index in [1.807, 2.05) is 0 Å². The molecule has 158 valence electrons. The van der Waals surface area contributed by atoms with Crippen molar-refractivity contribution in [1.29, 1.82) is 0 Å². The van der Waals surface area contributed by atoms with Crippen LogP contribution in [0.4, 0.5) is 9.18 Å². The first-order valence-electron chi connectivity index (χ1n) is 9.32. The highest BCUT2D eigenvalue weighted by molar-refractivity contribution is 6.10. The molecule has 0 unspecified atom stereocenters. The number of carbonyl (C=O) groups is 3. The van der Waals surface area contributed by atoms with Crippen molar-refractivity contribution in [3.8, 4) is 23.3 Å². The van der Waals surface area contributed by atoms with Crippen LogP contribution in [-0.4, -0.2) is 49.0 Å². The summed E-state index contributed by atoms with van der Waals surface area (Å²) >= 11 is 0. The van der Waals surface area contributed by atoms with Crippen LogP contribution in [0.25, 0.3) is 0 Å².